The van der Waals surface area contributed by atoms with Gasteiger partial charge in [-0.05, 0) is 14.0 Å². The van der Waals surface area contributed by atoms with Gasteiger partial charge in [0.15, 0.2) is 6.10 Å². The largest absolute Gasteiger partial charge is 0.443 e. The van der Waals surface area contributed by atoms with Gasteiger partial charge in [-0.15, -0.1) is 0 Å². The second kappa shape index (κ2) is 5.73. The van der Waals surface area contributed by atoms with Crippen LogP contribution in [0.4, 0.5) is 13.2 Å². The fourth-order valence-electron chi connectivity index (χ4n) is 1.55. The Morgan fingerprint density at radius 3 is 2.30 bits per heavy atom. The van der Waals surface area contributed by atoms with Crippen LogP contribution in [0, 0.1) is 0 Å². The molecule has 0 radical (unpaired) electrons. The van der Waals surface area contributed by atoms with Crippen LogP contribution in [-0.2, 0) is 5.41 Å². The van der Waals surface area contributed by atoms with Gasteiger partial charge in [-0.2, -0.15) is 13.2 Å². The van der Waals surface area contributed by atoms with Crippen LogP contribution in [0.2, 0.25) is 0 Å². The molecule has 0 saturated carbocycles. The molecule has 1 N–H and O–H groups in total. The predicted octanol–water partition coefficient (Wildman–Crippen LogP) is 2.89. The Labute approximate surface area is 116 Å². The number of aliphatic hydroxyl groups excluding tert-OH is 1. The number of aliphatic hydroxyl groups is 1. The average molecular weight is 294 g/mol. The van der Waals surface area contributed by atoms with E-state index in [4.69, 9.17) is 9.52 Å². The van der Waals surface area contributed by atoms with Gasteiger partial charge in [-0.1, -0.05) is 20.8 Å². The highest BCUT2D eigenvalue weighted by atomic mass is 19.4. The van der Waals surface area contributed by atoms with Crippen molar-refractivity contribution in [3.05, 3.63) is 17.8 Å². The Hall–Kier alpha value is -1.08. The lowest BCUT2D eigenvalue weighted by Crippen LogP contribution is -2.40. The van der Waals surface area contributed by atoms with Gasteiger partial charge in [0.05, 0.1) is 12.2 Å². The molecule has 0 aromatic carbocycles. The lowest BCUT2D eigenvalue weighted by molar-refractivity contribution is -0.208. The molecule has 4 nitrogen and oxygen atoms in total. The number of halogens is 3. The summed E-state index contributed by atoms with van der Waals surface area (Å²) in [6, 6.07) is -0.455. The summed E-state index contributed by atoms with van der Waals surface area (Å²) < 4.78 is 42.5. The number of alkyl halides is 3. The van der Waals surface area contributed by atoms with Crippen LogP contribution in [0.25, 0.3) is 0 Å². The minimum absolute atomic E-state index is 0.213. The molecule has 1 heterocycles. The highest BCUT2D eigenvalue weighted by Crippen LogP contribution is 2.28. The zero-order chi connectivity index (χ0) is 15.7. The summed E-state index contributed by atoms with van der Waals surface area (Å²) in [6.07, 6.45) is -5.42. The second-order valence-electron chi connectivity index (χ2n) is 5.99. The number of rotatable bonds is 4. The molecule has 1 rings (SSSR count). The minimum Gasteiger partial charge on any atom is -0.443 e. The van der Waals surface area contributed by atoms with Crippen molar-refractivity contribution in [3.63, 3.8) is 0 Å². The molecule has 0 bridgehead atoms. The highest BCUT2D eigenvalue weighted by molar-refractivity contribution is 5.07. The standard InChI is InChI=1S/C13H21F3N2O2/c1-8(18(5)7-9(19)13(14,15)16)11-17-6-10(20-11)12(2,3)4/h6,8-9,19H,7H2,1-5H3. The molecule has 0 saturated heterocycles. The molecule has 0 spiro atoms. The van der Waals surface area contributed by atoms with Gasteiger partial charge in [0.1, 0.15) is 5.76 Å². The lowest BCUT2D eigenvalue weighted by Gasteiger charge is -2.26. The normalized spacial score (nSPS) is 16.5. The third-order valence-electron chi connectivity index (χ3n) is 3.12. The van der Waals surface area contributed by atoms with E-state index in [1.165, 1.54) is 11.9 Å². The van der Waals surface area contributed by atoms with Crippen molar-refractivity contribution in [2.45, 2.75) is 51.4 Å². The smallest absolute Gasteiger partial charge is 0.415 e. The maximum atomic E-state index is 12.3. The van der Waals surface area contributed by atoms with Gasteiger partial charge in [0.2, 0.25) is 5.89 Å². The maximum absolute atomic E-state index is 12.3. The van der Waals surface area contributed by atoms with E-state index in [1.54, 1.807) is 13.1 Å². The summed E-state index contributed by atoms with van der Waals surface area (Å²) in [4.78, 5) is 5.46. The average Bonchev–Trinajstić information content (AvgIpc) is 2.75. The SMILES string of the molecule is CC(c1ncc(C(C)(C)C)o1)N(C)CC(O)C(F)(F)F. The topological polar surface area (TPSA) is 49.5 Å². The van der Waals surface area contributed by atoms with Gasteiger partial charge in [-0.3, -0.25) is 4.90 Å². The van der Waals surface area contributed by atoms with Crippen molar-refractivity contribution in [2.75, 3.05) is 13.6 Å². The van der Waals surface area contributed by atoms with E-state index in [0.717, 1.165) is 0 Å². The van der Waals surface area contributed by atoms with Gasteiger partial charge in [0, 0.05) is 12.0 Å². The third-order valence-corrected chi connectivity index (χ3v) is 3.12. The van der Waals surface area contributed by atoms with Crippen molar-refractivity contribution in [1.29, 1.82) is 0 Å². The first-order valence-electron chi connectivity index (χ1n) is 6.34. The zero-order valence-electron chi connectivity index (χ0n) is 12.3. The maximum Gasteiger partial charge on any atom is 0.415 e. The molecule has 0 amide bonds. The summed E-state index contributed by atoms with van der Waals surface area (Å²) >= 11 is 0. The Kier molecular flexibility index (Phi) is 4.86. The molecule has 7 heteroatoms. The Balaban J connectivity index is 2.75. The van der Waals surface area contributed by atoms with Crippen LogP contribution in [-0.4, -0.2) is 40.9 Å². The molecule has 0 fully saturated rings. The van der Waals surface area contributed by atoms with E-state index in [0.29, 0.717) is 11.7 Å². The first-order valence-corrected chi connectivity index (χ1v) is 6.34. The van der Waals surface area contributed by atoms with E-state index < -0.39 is 24.9 Å². The molecule has 20 heavy (non-hydrogen) atoms. The van der Waals surface area contributed by atoms with Crippen molar-refractivity contribution in [3.8, 4) is 0 Å². The van der Waals surface area contributed by atoms with Gasteiger partial charge >= 0.3 is 6.18 Å². The number of hydrogen-bond donors (Lipinski definition) is 1. The van der Waals surface area contributed by atoms with Crippen LogP contribution in [0.1, 0.15) is 45.4 Å². The molecule has 1 aromatic rings. The molecule has 0 aliphatic heterocycles. The number of hydrogen-bond acceptors (Lipinski definition) is 4. The number of aromatic nitrogens is 1. The lowest BCUT2D eigenvalue weighted by atomic mass is 9.94. The molecule has 2 atom stereocenters. The molecular weight excluding hydrogens is 273 g/mol. The quantitative estimate of drug-likeness (QED) is 0.927. The van der Waals surface area contributed by atoms with Gasteiger partial charge in [0.25, 0.3) is 0 Å². The first-order chi connectivity index (χ1) is 8.93. The van der Waals surface area contributed by atoms with Crippen molar-refractivity contribution in [2.24, 2.45) is 0 Å². The van der Waals surface area contributed by atoms with Crippen LogP contribution < -0.4 is 0 Å². The van der Waals surface area contributed by atoms with Gasteiger partial charge < -0.3 is 9.52 Å². The van der Waals surface area contributed by atoms with Crippen molar-refractivity contribution in [1.82, 2.24) is 9.88 Å². The zero-order valence-corrected chi connectivity index (χ0v) is 12.3. The van der Waals surface area contributed by atoms with E-state index in [9.17, 15) is 13.2 Å². The van der Waals surface area contributed by atoms with Crippen LogP contribution in [0.15, 0.2) is 10.6 Å². The number of nitrogens with zero attached hydrogens (tertiary/aromatic N) is 2. The fourth-order valence-corrected chi connectivity index (χ4v) is 1.55. The molecule has 0 aliphatic carbocycles. The summed E-state index contributed by atoms with van der Waals surface area (Å²) in [5.74, 6) is 1.01. The molecule has 116 valence electrons. The summed E-state index contributed by atoms with van der Waals surface area (Å²) in [7, 11) is 1.49. The van der Waals surface area contributed by atoms with E-state index in [2.05, 4.69) is 4.98 Å². The predicted molar refractivity (Wildman–Crippen MR) is 68.3 cm³/mol. The van der Waals surface area contributed by atoms with Crippen LogP contribution in [0.5, 0.6) is 0 Å². The number of likely N-dealkylation sites (N-methyl/N-ethyl adjacent to an activating group) is 1. The van der Waals surface area contributed by atoms with Gasteiger partial charge in [-0.25, -0.2) is 4.98 Å². The Bertz CT molecular complexity index is 438. The fraction of sp³-hybridized carbons (Fsp3) is 0.769. The van der Waals surface area contributed by atoms with E-state index in [-0.39, 0.29) is 5.41 Å². The molecule has 1 aromatic heterocycles. The van der Waals surface area contributed by atoms with E-state index in [1.807, 2.05) is 20.8 Å². The third kappa shape index (κ3) is 4.21. The van der Waals surface area contributed by atoms with Crippen LogP contribution >= 0.6 is 0 Å². The summed E-state index contributed by atoms with van der Waals surface area (Å²) in [6.45, 7) is 7.02. The summed E-state index contributed by atoms with van der Waals surface area (Å²) in [5.41, 5.74) is -0.213. The summed E-state index contributed by atoms with van der Waals surface area (Å²) in [5, 5.41) is 9.07. The monoisotopic (exact) mass is 294 g/mol. The molecular formula is C13H21F3N2O2. The molecule has 2 unspecified atom stereocenters. The van der Waals surface area contributed by atoms with Crippen molar-refractivity contribution < 1.29 is 22.7 Å². The highest BCUT2D eigenvalue weighted by Gasteiger charge is 2.39. The van der Waals surface area contributed by atoms with Crippen LogP contribution in [0.3, 0.4) is 0 Å². The van der Waals surface area contributed by atoms with Crippen molar-refractivity contribution >= 4 is 0 Å². The number of oxazole rings is 1. The molecule has 0 aliphatic rings. The van der Waals surface area contributed by atoms with E-state index >= 15 is 0 Å². The Morgan fingerprint density at radius 1 is 1.35 bits per heavy atom. The first kappa shape index (κ1) is 17.0. The minimum atomic E-state index is -4.62. The Morgan fingerprint density at radius 2 is 1.90 bits per heavy atom. The second-order valence-corrected chi connectivity index (χ2v) is 5.99.